The van der Waals surface area contributed by atoms with E-state index in [1.54, 1.807) is 20.8 Å². The van der Waals surface area contributed by atoms with Crippen molar-refractivity contribution in [2.45, 2.75) is 45.8 Å². The SMILES string of the molecule is COCC(COC(=O)CC(C)=O)NC(=O)OC(C)(C)C. The number of nitrogens with one attached hydrogen (secondary N) is 1. The number of alkyl carbamates (subject to hydrolysis) is 1. The highest BCUT2D eigenvalue weighted by Crippen LogP contribution is 2.07. The molecule has 0 heterocycles. The van der Waals surface area contributed by atoms with E-state index in [0.29, 0.717) is 0 Å². The Morgan fingerprint density at radius 2 is 1.75 bits per heavy atom. The van der Waals surface area contributed by atoms with Crippen molar-refractivity contribution in [1.29, 1.82) is 0 Å². The zero-order chi connectivity index (χ0) is 15.8. The van der Waals surface area contributed by atoms with Gasteiger partial charge in [-0.1, -0.05) is 0 Å². The lowest BCUT2D eigenvalue weighted by Crippen LogP contribution is -2.44. The summed E-state index contributed by atoms with van der Waals surface area (Å²) in [4.78, 5) is 33.6. The molecule has 0 rings (SSSR count). The van der Waals surface area contributed by atoms with Gasteiger partial charge in [-0.15, -0.1) is 0 Å². The zero-order valence-electron chi connectivity index (χ0n) is 12.6. The van der Waals surface area contributed by atoms with Crippen LogP contribution in [0.1, 0.15) is 34.1 Å². The van der Waals surface area contributed by atoms with Gasteiger partial charge < -0.3 is 19.5 Å². The molecule has 20 heavy (non-hydrogen) atoms. The first-order chi connectivity index (χ1) is 9.14. The lowest BCUT2D eigenvalue weighted by molar-refractivity contribution is -0.146. The van der Waals surface area contributed by atoms with Gasteiger partial charge in [0.25, 0.3) is 0 Å². The van der Waals surface area contributed by atoms with Crippen LogP contribution in [0, 0.1) is 0 Å². The minimum Gasteiger partial charge on any atom is -0.463 e. The largest absolute Gasteiger partial charge is 0.463 e. The summed E-state index contributed by atoms with van der Waals surface area (Å²) in [5.74, 6) is -0.914. The van der Waals surface area contributed by atoms with Gasteiger partial charge in [-0.2, -0.15) is 0 Å². The number of amides is 1. The van der Waals surface area contributed by atoms with Crippen molar-refractivity contribution >= 4 is 17.8 Å². The monoisotopic (exact) mass is 289 g/mol. The van der Waals surface area contributed by atoms with E-state index in [1.165, 1.54) is 14.0 Å². The van der Waals surface area contributed by atoms with Crippen LogP contribution < -0.4 is 5.32 Å². The van der Waals surface area contributed by atoms with Crippen LogP contribution in [-0.4, -0.2) is 49.8 Å². The van der Waals surface area contributed by atoms with Crippen LogP contribution in [0.4, 0.5) is 4.79 Å². The average Bonchev–Trinajstić information content (AvgIpc) is 2.22. The molecule has 0 aromatic rings. The smallest absolute Gasteiger partial charge is 0.408 e. The van der Waals surface area contributed by atoms with Crippen molar-refractivity contribution in [3.05, 3.63) is 0 Å². The van der Waals surface area contributed by atoms with Crippen LogP contribution >= 0.6 is 0 Å². The van der Waals surface area contributed by atoms with Gasteiger partial charge in [0.05, 0.1) is 12.6 Å². The molecule has 1 N–H and O–H groups in total. The normalized spacial score (nSPS) is 12.4. The van der Waals surface area contributed by atoms with Gasteiger partial charge in [0.2, 0.25) is 0 Å². The average molecular weight is 289 g/mol. The first kappa shape index (κ1) is 18.4. The molecule has 0 aliphatic carbocycles. The minimum atomic E-state index is -0.635. The van der Waals surface area contributed by atoms with E-state index in [1.807, 2.05) is 0 Å². The Balaban J connectivity index is 4.25. The summed E-state index contributed by atoms with van der Waals surface area (Å²) >= 11 is 0. The van der Waals surface area contributed by atoms with E-state index in [4.69, 9.17) is 14.2 Å². The molecule has 0 bridgehead atoms. The fourth-order valence-corrected chi connectivity index (χ4v) is 1.25. The van der Waals surface area contributed by atoms with Crippen molar-refractivity contribution in [3.8, 4) is 0 Å². The van der Waals surface area contributed by atoms with E-state index in [2.05, 4.69) is 5.32 Å². The molecular weight excluding hydrogens is 266 g/mol. The van der Waals surface area contributed by atoms with Gasteiger partial charge in [-0.05, 0) is 27.7 Å². The van der Waals surface area contributed by atoms with E-state index in [-0.39, 0.29) is 25.4 Å². The van der Waals surface area contributed by atoms with Crippen LogP contribution in [0.25, 0.3) is 0 Å². The molecule has 0 aliphatic rings. The van der Waals surface area contributed by atoms with Crippen LogP contribution in [0.2, 0.25) is 0 Å². The van der Waals surface area contributed by atoms with Crippen LogP contribution in [0.15, 0.2) is 0 Å². The standard InChI is InChI=1S/C13H23NO6/c1-9(15)6-11(16)19-8-10(7-18-5)14-12(17)20-13(2,3)4/h10H,6-8H2,1-5H3,(H,14,17). The van der Waals surface area contributed by atoms with E-state index < -0.39 is 23.7 Å². The lowest BCUT2D eigenvalue weighted by Gasteiger charge is -2.23. The second-order valence-electron chi connectivity index (χ2n) is 5.36. The van der Waals surface area contributed by atoms with Crippen molar-refractivity contribution in [1.82, 2.24) is 5.32 Å². The Morgan fingerprint density at radius 1 is 1.15 bits per heavy atom. The maximum absolute atomic E-state index is 11.6. The Labute approximate surface area is 118 Å². The van der Waals surface area contributed by atoms with Gasteiger partial charge in [0.15, 0.2) is 0 Å². The van der Waals surface area contributed by atoms with E-state index in [9.17, 15) is 14.4 Å². The molecule has 1 amide bonds. The van der Waals surface area contributed by atoms with Crippen molar-refractivity contribution in [2.24, 2.45) is 0 Å². The molecule has 0 aromatic carbocycles. The summed E-state index contributed by atoms with van der Waals surface area (Å²) in [6, 6.07) is -0.536. The fraction of sp³-hybridized carbons (Fsp3) is 0.769. The highest BCUT2D eigenvalue weighted by molar-refractivity contribution is 5.94. The number of carbonyl (C=O) groups excluding carboxylic acids is 3. The highest BCUT2D eigenvalue weighted by Gasteiger charge is 2.20. The third-order valence-corrected chi connectivity index (χ3v) is 1.93. The number of esters is 1. The predicted octanol–water partition coefficient (Wildman–Crippen LogP) is 1.05. The van der Waals surface area contributed by atoms with Gasteiger partial charge in [0.1, 0.15) is 24.4 Å². The topological polar surface area (TPSA) is 90.9 Å². The van der Waals surface area contributed by atoms with Crippen molar-refractivity contribution in [2.75, 3.05) is 20.3 Å². The number of ether oxygens (including phenoxy) is 3. The number of ketones is 1. The maximum Gasteiger partial charge on any atom is 0.408 e. The number of hydrogen-bond acceptors (Lipinski definition) is 6. The van der Waals surface area contributed by atoms with E-state index in [0.717, 1.165) is 0 Å². The Kier molecular flexibility index (Phi) is 7.83. The predicted molar refractivity (Wildman–Crippen MR) is 71.3 cm³/mol. The summed E-state index contributed by atoms with van der Waals surface area (Å²) < 4.78 is 14.9. The molecular formula is C13H23NO6. The molecule has 7 heteroatoms. The van der Waals surface area contributed by atoms with Gasteiger partial charge in [-0.25, -0.2) is 4.79 Å². The van der Waals surface area contributed by atoms with Crippen LogP contribution in [0.5, 0.6) is 0 Å². The summed E-state index contributed by atoms with van der Waals surface area (Å²) in [5.41, 5.74) is -0.618. The van der Waals surface area contributed by atoms with Crippen LogP contribution in [0.3, 0.4) is 0 Å². The molecule has 1 atom stereocenters. The second-order valence-corrected chi connectivity index (χ2v) is 5.36. The number of carbonyl (C=O) groups is 3. The van der Waals surface area contributed by atoms with Gasteiger partial charge >= 0.3 is 12.1 Å². The van der Waals surface area contributed by atoms with Crippen molar-refractivity contribution in [3.63, 3.8) is 0 Å². The van der Waals surface area contributed by atoms with Gasteiger partial charge in [-0.3, -0.25) is 9.59 Å². The van der Waals surface area contributed by atoms with Gasteiger partial charge in [0, 0.05) is 7.11 Å². The van der Waals surface area contributed by atoms with E-state index >= 15 is 0 Å². The molecule has 116 valence electrons. The highest BCUT2D eigenvalue weighted by atomic mass is 16.6. The molecule has 0 saturated carbocycles. The fourth-order valence-electron chi connectivity index (χ4n) is 1.25. The van der Waals surface area contributed by atoms with Crippen LogP contribution in [-0.2, 0) is 23.8 Å². The lowest BCUT2D eigenvalue weighted by atomic mass is 10.2. The summed E-state index contributed by atoms with van der Waals surface area (Å²) in [6.45, 7) is 6.60. The second kappa shape index (κ2) is 8.52. The molecule has 0 aromatic heterocycles. The number of Topliss-reactive ketones (excluding diaryl/α,β-unsaturated/α-hetero) is 1. The minimum absolute atomic E-state index is 0.0841. The zero-order valence-corrected chi connectivity index (χ0v) is 12.6. The molecule has 0 fully saturated rings. The summed E-state index contributed by atoms with van der Waals surface area (Å²) in [6.07, 6.45) is -0.909. The Bertz CT molecular complexity index is 347. The number of hydrogen-bond donors (Lipinski definition) is 1. The Hall–Kier alpha value is -1.63. The molecule has 0 aliphatic heterocycles. The summed E-state index contributed by atoms with van der Waals surface area (Å²) in [5, 5.41) is 2.53. The molecule has 0 saturated heterocycles. The quantitative estimate of drug-likeness (QED) is 0.556. The number of rotatable bonds is 7. The maximum atomic E-state index is 11.6. The number of methoxy groups -OCH3 is 1. The molecule has 1 unspecified atom stereocenters. The molecule has 0 radical (unpaired) electrons. The molecule has 0 spiro atoms. The Morgan fingerprint density at radius 3 is 2.20 bits per heavy atom. The molecule has 7 nitrogen and oxygen atoms in total. The third-order valence-electron chi connectivity index (χ3n) is 1.93. The third kappa shape index (κ3) is 10.3. The first-order valence-electron chi connectivity index (χ1n) is 6.27. The first-order valence-corrected chi connectivity index (χ1v) is 6.27. The summed E-state index contributed by atoms with van der Waals surface area (Å²) in [7, 11) is 1.46. The van der Waals surface area contributed by atoms with Crippen molar-refractivity contribution < 1.29 is 28.6 Å².